The summed E-state index contributed by atoms with van der Waals surface area (Å²) in [5.74, 6) is -0.304. The van der Waals surface area contributed by atoms with Gasteiger partial charge in [-0.15, -0.1) is 0 Å². The molecule has 1 saturated carbocycles. The molecule has 1 fully saturated rings. The molecular weight excluding hydrogens is 233 g/mol. The molecule has 4 heteroatoms. The van der Waals surface area contributed by atoms with Crippen molar-refractivity contribution in [2.45, 2.75) is 37.3 Å². The second-order valence-electron chi connectivity index (χ2n) is 5.09. The highest BCUT2D eigenvalue weighted by atomic mass is 19.1. The van der Waals surface area contributed by atoms with E-state index in [9.17, 15) is 14.6 Å². The van der Waals surface area contributed by atoms with E-state index in [1.807, 2.05) is 0 Å². The van der Waals surface area contributed by atoms with E-state index in [1.54, 1.807) is 12.1 Å². The van der Waals surface area contributed by atoms with Crippen molar-refractivity contribution in [3.05, 3.63) is 35.6 Å². The molecule has 0 aromatic heterocycles. The molecule has 1 aromatic rings. The molecule has 0 bridgehead atoms. The minimum Gasteiger partial charge on any atom is -0.394 e. The van der Waals surface area contributed by atoms with Crippen LogP contribution in [0.1, 0.15) is 37.4 Å². The number of β-amino-alcohol motifs (C(OH)–C–C–N with tert-alkyl or cyclic N) is 1. The van der Waals surface area contributed by atoms with Crippen molar-refractivity contribution < 1.29 is 14.6 Å². The van der Waals surface area contributed by atoms with Gasteiger partial charge < -0.3 is 15.5 Å². The average molecular weight is 253 g/mol. The maximum absolute atomic E-state index is 12.8. The third-order valence-electron chi connectivity index (χ3n) is 3.79. The molecule has 1 unspecified atom stereocenters. The SMILES string of the molecule is OCC1(NCC(O)c2ccc(F)cc2)CCCC1. The summed E-state index contributed by atoms with van der Waals surface area (Å²) in [6.45, 7) is 0.481. The van der Waals surface area contributed by atoms with Crippen LogP contribution in [0.25, 0.3) is 0 Å². The zero-order chi connectivity index (χ0) is 13.0. The number of nitrogens with one attached hydrogen (secondary N) is 1. The maximum Gasteiger partial charge on any atom is 0.123 e. The van der Waals surface area contributed by atoms with Gasteiger partial charge in [-0.3, -0.25) is 0 Å². The number of halogens is 1. The molecule has 18 heavy (non-hydrogen) atoms. The average Bonchev–Trinajstić information content (AvgIpc) is 2.86. The van der Waals surface area contributed by atoms with E-state index in [-0.39, 0.29) is 18.0 Å². The minimum atomic E-state index is -0.672. The standard InChI is InChI=1S/C14H20FNO2/c15-12-5-3-11(4-6-12)13(18)9-16-14(10-17)7-1-2-8-14/h3-6,13,16-18H,1-2,7-10H2. The van der Waals surface area contributed by atoms with Gasteiger partial charge in [0.1, 0.15) is 5.82 Å². The van der Waals surface area contributed by atoms with Gasteiger partial charge in [0.25, 0.3) is 0 Å². The fourth-order valence-corrected chi connectivity index (χ4v) is 2.56. The second-order valence-corrected chi connectivity index (χ2v) is 5.09. The van der Waals surface area contributed by atoms with Crippen LogP contribution < -0.4 is 5.32 Å². The Balaban J connectivity index is 1.91. The Bertz CT molecular complexity index is 374. The van der Waals surface area contributed by atoms with Crippen molar-refractivity contribution in [3.63, 3.8) is 0 Å². The van der Waals surface area contributed by atoms with Crippen molar-refractivity contribution >= 4 is 0 Å². The predicted molar refractivity (Wildman–Crippen MR) is 67.6 cm³/mol. The molecule has 0 heterocycles. The zero-order valence-electron chi connectivity index (χ0n) is 10.4. The van der Waals surface area contributed by atoms with Crippen LogP contribution in [0.2, 0.25) is 0 Å². The number of benzene rings is 1. The third-order valence-corrected chi connectivity index (χ3v) is 3.79. The predicted octanol–water partition coefficient (Wildman–Crippen LogP) is 1.75. The summed E-state index contributed by atoms with van der Waals surface area (Å²) in [7, 11) is 0. The van der Waals surface area contributed by atoms with Gasteiger partial charge in [0, 0.05) is 12.1 Å². The van der Waals surface area contributed by atoms with Crippen LogP contribution in [0.5, 0.6) is 0 Å². The molecule has 0 aliphatic heterocycles. The highest BCUT2D eigenvalue weighted by Crippen LogP contribution is 2.29. The van der Waals surface area contributed by atoms with Gasteiger partial charge in [-0.05, 0) is 30.5 Å². The van der Waals surface area contributed by atoms with Gasteiger partial charge in [-0.1, -0.05) is 25.0 Å². The molecule has 0 radical (unpaired) electrons. The highest BCUT2D eigenvalue weighted by Gasteiger charge is 2.32. The molecule has 1 atom stereocenters. The topological polar surface area (TPSA) is 52.5 Å². The fraction of sp³-hybridized carbons (Fsp3) is 0.571. The first kappa shape index (κ1) is 13.5. The van der Waals surface area contributed by atoms with Gasteiger partial charge in [-0.2, -0.15) is 0 Å². The Labute approximate surface area is 107 Å². The van der Waals surface area contributed by atoms with E-state index >= 15 is 0 Å². The second kappa shape index (κ2) is 5.78. The molecule has 1 aliphatic rings. The summed E-state index contributed by atoms with van der Waals surface area (Å²) in [5, 5.41) is 22.7. The van der Waals surface area contributed by atoms with E-state index in [1.165, 1.54) is 12.1 Å². The number of aliphatic hydroxyl groups is 2. The Hall–Kier alpha value is -0.970. The Kier molecular flexibility index (Phi) is 4.32. The van der Waals surface area contributed by atoms with E-state index in [4.69, 9.17) is 0 Å². The lowest BCUT2D eigenvalue weighted by molar-refractivity contribution is 0.122. The van der Waals surface area contributed by atoms with Crippen LogP contribution in [0.15, 0.2) is 24.3 Å². The van der Waals surface area contributed by atoms with Crippen molar-refractivity contribution in [2.75, 3.05) is 13.2 Å². The van der Waals surface area contributed by atoms with E-state index in [0.717, 1.165) is 25.7 Å². The van der Waals surface area contributed by atoms with Gasteiger partial charge in [0.2, 0.25) is 0 Å². The first-order valence-electron chi connectivity index (χ1n) is 6.45. The lowest BCUT2D eigenvalue weighted by Gasteiger charge is -2.29. The van der Waals surface area contributed by atoms with Crippen molar-refractivity contribution in [1.29, 1.82) is 0 Å². The lowest BCUT2D eigenvalue weighted by Crippen LogP contribution is -2.47. The number of rotatable bonds is 5. The summed E-state index contributed by atoms with van der Waals surface area (Å²) in [5.41, 5.74) is 0.455. The van der Waals surface area contributed by atoms with Crippen LogP contribution >= 0.6 is 0 Å². The van der Waals surface area contributed by atoms with E-state index < -0.39 is 6.10 Å². The number of hydrogen-bond donors (Lipinski definition) is 3. The molecular formula is C14H20FNO2. The van der Waals surface area contributed by atoms with Crippen LogP contribution in [-0.2, 0) is 0 Å². The smallest absolute Gasteiger partial charge is 0.123 e. The first-order valence-corrected chi connectivity index (χ1v) is 6.45. The van der Waals surface area contributed by atoms with Crippen molar-refractivity contribution in [2.24, 2.45) is 0 Å². The number of hydrogen-bond acceptors (Lipinski definition) is 3. The van der Waals surface area contributed by atoms with Gasteiger partial charge in [0.05, 0.1) is 12.7 Å². The largest absolute Gasteiger partial charge is 0.394 e. The summed E-state index contributed by atoms with van der Waals surface area (Å²) in [4.78, 5) is 0. The fourth-order valence-electron chi connectivity index (χ4n) is 2.56. The summed E-state index contributed by atoms with van der Waals surface area (Å²) >= 11 is 0. The molecule has 3 N–H and O–H groups in total. The van der Waals surface area contributed by atoms with Crippen LogP contribution in [0, 0.1) is 5.82 Å². The number of aliphatic hydroxyl groups excluding tert-OH is 2. The molecule has 0 amide bonds. The van der Waals surface area contributed by atoms with E-state index in [0.29, 0.717) is 12.1 Å². The Morgan fingerprint density at radius 2 is 1.83 bits per heavy atom. The maximum atomic E-state index is 12.8. The summed E-state index contributed by atoms with van der Waals surface area (Å²) < 4.78 is 12.8. The lowest BCUT2D eigenvalue weighted by atomic mass is 9.98. The Morgan fingerprint density at radius 3 is 2.39 bits per heavy atom. The third kappa shape index (κ3) is 3.07. The van der Waals surface area contributed by atoms with Crippen LogP contribution in [-0.4, -0.2) is 28.9 Å². The monoisotopic (exact) mass is 253 g/mol. The quantitative estimate of drug-likeness (QED) is 0.749. The first-order chi connectivity index (χ1) is 8.65. The van der Waals surface area contributed by atoms with Crippen LogP contribution in [0.3, 0.4) is 0 Å². The van der Waals surface area contributed by atoms with E-state index in [2.05, 4.69) is 5.32 Å². The normalized spacial score (nSPS) is 19.9. The molecule has 0 saturated heterocycles. The zero-order valence-corrected chi connectivity index (χ0v) is 10.4. The van der Waals surface area contributed by atoms with Gasteiger partial charge >= 0.3 is 0 Å². The highest BCUT2D eigenvalue weighted by molar-refractivity contribution is 5.18. The minimum absolute atomic E-state index is 0.100. The Morgan fingerprint density at radius 1 is 1.22 bits per heavy atom. The van der Waals surface area contributed by atoms with Gasteiger partial charge in [-0.25, -0.2) is 4.39 Å². The molecule has 1 aliphatic carbocycles. The summed E-state index contributed by atoms with van der Waals surface area (Å²) in [6, 6.07) is 5.86. The molecule has 3 nitrogen and oxygen atoms in total. The van der Waals surface area contributed by atoms with Gasteiger partial charge in [0.15, 0.2) is 0 Å². The molecule has 2 rings (SSSR count). The molecule has 100 valence electrons. The molecule has 1 aromatic carbocycles. The van der Waals surface area contributed by atoms with Crippen LogP contribution in [0.4, 0.5) is 4.39 Å². The summed E-state index contributed by atoms with van der Waals surface area (Å²) in [6.07, 6.45) is 3.44. The molecule has 0 spiro atoms. The van der Waals surface area contributed by atoms with Crippen molar-refractivity contribution in [3.8, 4) is 0 Å². The van der Waals surface area contributed by atoms with Crippen molar-refractivity contribution in [1.82, 2.24) is 5.32 Å².